The number of ether oxygens (including phenoxy) is 1. The van der Waals surface area contributed by atoms with Gasteiger partial charge in [-0.3, -0.25) is 0 Å². The molecule has 1 rings (SSSR count). The summed E-state index contributed by atoms with van der Waals surface area (Å²) >= 11 is 0. The molecule has 0 spiro atoms. The predicted molar refractivity (Wildman–Crippen MR) is 53.2 cm³/mol. The van der Waals surface area contributed by atoms with Gasteiger partial charge in [-0.2, -0.15) is 13.2 Å². The number of rotatable bonds is 4. The highest BCUT2D eigenvalue weighted by atomic mass is 19.4. The van der Waals surface area contributed by atoms with Gasteiger partial charge in [0, 0.05) is 5.56 Å². The Morgan fingerprint density at radius 1 is 1.31 bits per heavy atom. The predicted octanol–water partition coefficient (Wildman–Crippen LogP) is 3.07. The molecule has 2 nitrogen and oxygen atoms in total. The lowest BCUT2D eigenvalue weighted by atomic mass is 10.1. The van der Waals surface area contributed by atoms with Crippen LogP contribution in [-0.4, -0.2) is 17.9 Å². The third kappa shape index (κ3) is 3.13. The second kappa shape index (κ2) is 5.21. The van der Waals surface area contributed by atoms with E-state index in [-0.39, 0.29) is 11.3 Å². The highest BCUT2D eigenvalue weighted by molar-refractivity contribution is 5.35. The third-order valence-corrected chi connectivity index (χ3v) is 1.99. The van der Waals surface area contributed by atoms with Crippen LogP contribution in [0.3, 0.4) is 0 Å². The lowest BCUT2D eigenvalue weighted by Crippen LogP contribution is -2.21. The van der Waals surface area contributed by atoms with E-state index in [1.54, 1.807) is 6.07 Å². The number of aliphatic hydroxyl groups is 1. The molecule has 16 heavy (non-hydrogen) atoms. The fraction of sp³-hybridized carbons (Fsp3) is 0.455. The van der Waals surface area contributed by atoms with Gasteiger partial charge < -0.3 is 9.84 Å². The zero-order chi connectivity index (χ0) is 12.2. The lowest BCUT2D eigenvalue weighted by Gasteiger charge is -2.18. The second-order valence-electron chi connectivity index (χ2n) is 3.33. The van der Waals surface area contributed by atoms with Crippen LogP contribution in [0.4, 0.5) is 13.2 Å². The summed E-state index contributed by atoms with van der Waals surface area (Å²) in [5.74, 6) is 0.0779. The van der Waals surface area contributed by atoms with Crippen molar-refractivity contribution >= 4 is 0 Å². The summed E-state index contributed by atoms with van der Waals surface area (Å²) in [5.41, 5.74) is -0.247. The van der Waals surface area contributed by atoms with Crippen molar-refractivity contribution in [3.63, 3.8) is 0 Å². The number of alkyl halides is 3. The van der Waals surface area contributed by atoms with E-state index in [1.165, 1.54) is 18.2 Å². The molecule has 0 saturated carbocycles. The molecule has 0 aliphatic rings. The minimum Gasteiger partial charge on any atom is -0.493 e. The van der Waals surface area contributed by atoms with Crippen molar-refractivity contribution in [3.05, 3.63) is 29.8 Å². The fourth-order valence-electron chi connectivity index (χ4n) is 1.23. The first-order valence-corrected chi connectivity index (χ1v) is 4.93. The van der Waals surface area contributed by atoms with Crippen LogP contribution in [0.5, 0.6) is 5.75 Å². The summed E-state index contributed by atoms with van der Waals surface area (Å²) in [6.45, 7) is 2.17. The molecule has 0 unspecified atom stereocenters. The van der Waals surface area contributed by atoms with Gasteiger partial charge in [0.1, 0.15) is 5.75 Å². The molecule has 1 aromatic rings. The Morgan fingerprint density at radius 3 is 2.50 bits per heavy atom. The van der Waals surface area contributed by atoms with Crippen molar-refractivity contribution < 1.29 is 23.0 Å². The Labute approximate surface area is 91.7 Å². The van der Waals surface area contributed by atoms with E-state index in [4.69, 9.17) is 9.84 Å². The monoisotopic (exact) mass is 234 g/mol. The molecule has 0 heterocycles. The maximum absolute atomic E-state index is 12.3. The van der Waals surface area contributed by atoms with E-state index in [0.29, 0.717) is 13.0 Å². The molecule has 0 fully saturated rings. The SMILES string of the molecule is CCCOc1ccccc1[C@H](O)C(F)(F)F. The van der Waals surface area contributed by atoms with E-state index in [9.17, 15) is 13.2 Å². The standard InChI is InChI=1S/C11H13F3O2/c1-2-7-16-9-6-4-3-5-8(9)10(15)11(12,13)14/h3-6,10,15H,2,7H2,1H3/t10-/m0/s1. The minimum absolute atomic E-state index is 0.0779. The van der Waals surface area contributed by atoms with E-state index in [0.717, 1.165) is 0 Å². The van der Waals surface area contributed by atoms with Gasteiger partial charge in [-0.05, 0) is 12.5 Å². The third-order valence-electron chi connectivity index (χ3n) is 1.99. The van der Waals surface area contributed by atoms with Crippen LogP contribution >= 0.6 is 0 Å². The number of hydrogen-bond acceptors (Lipinski definition) is 2. The van der Waals surface area contributed by atoms with E-state index >= 15 is 0 Å². The molecule has 1 atom stereocenters. The zero-order valence-corrected chi connectivity index (χ0v) is 8.79. The average molecular weight is 234 g/mol. The molecule has 0 saturated heterocycles. The van der Waals surface area contributed by atoms with E-state index in [1.807, 2.05) is 6.92 Å². The van der Waals surface area contributed by atoms with E-state index < -0.39 is 12.3 Å². The first-order chi connectivity index (χ1) is 7.46. The van der Waals surface area contributed by atoms with Crippen molar-refractivity contribution in [2.45, 2.75) is 25.6 Å². The molecule has 0 bridgehead atoms. The van der Waals surface area contributed by atoms with Crippen LogP contribution in [0, 0.1) is 0 Å². The Hall–Kier alpha value is -1.23. The summed E-state index contributed by atoms with van der Waals surface area (Å²) in [7, 11) is 0. The van der Waals surface area contributed by atoms with Gasteiger partial charge in [0.05, 0.1) is 6.61 Å². The highest BCUT2D eigenvalue weighted by Gasteiger charge is 2.40. The lowest BCUT2D eigenvalue weighted by molar-refractivity contribution is -0.207. The number of benzene rings is 1. The van der Waals surface area contributed by atoms with Crippen LogP contribution < -0.4 is 4.74 Å². The smallest absolute Gasteiger partial charge is 0.418 e. The normalized spacial score (nSPS) is 13.6. The summed E-state index contributed by atoms with van der Waals surface area (Å²) in [6, 6.07) is 5.63. The van der Waals surface area contributed by atoms with Crippen LogP contribution in [-0.2, 0) is 0 Å². The van der Waals surface area contributed by atoms with Crippen LogP contribution in [0.15, 0.2) is 24.3 Å². The molecule has 0 aromatic heterocycles. The molecular weight excluding hydrogens is 221 g/mol. The number of hydrogen-bond donors (Lipinski definition) is 1. The van der Waals surface area contributed by atoms with Gasteiger partial charge in [-0.25, -0.2) is 0 Å². The molecule has 0 aliphatic heterocycles. The van der Waals surface area contributed by atoms with Gasteiger partial charge in [0.15, 0.2) is 6.10 Å². The molecule has 1 N–H and O–H groups in total. The Morgan fingerprint density at radius 2 is 1.94 bits per heavy atom. The number of halogens is 3. The van der Waals surface area contributed by atoms with E-state index in [2.05, 4.69) is 0 Å². The average Bonchev–Trinajstić information content (AvgIpc) is 2.24. The largest absolute Gasteiger partial charge is 0.493 e. The molecule has 90 valence electrons. The topological polar surface area (TPSA) is 29.5 Å². The Bertz CT molecular complexity index is 336. The summed E-state index contributed by atoms with van der Waals surface area (Å²) in [6.07, 6.45) is -6.48. The van der Waals surface area contributed by atoms with Crippen LogP contribution in [0.2, 0.25) is 0 Å². The van der Waals surface area contributed by atoms with Crippen molar-refractivity contribution in [2.75, 3.05) is 6.61 Å². The molecular formula is C11H13F3O2. The van der Waals surface area contributed by atoms with Crippen molar-refractivity contribution in [1.29, 1.82) is 0 Å². The van der Waals surface area contributed by atoms with Crippen LogP contribution in [0.25, 0.3) is 0 Å². The maximum Gasteiger partial charge on any atom is 0.418 e. The minimum atomic E-state index is -4.67. The van der Waals surface area contributed by atoms with Crippen molar-refractivity contribution in [3.8, 4) is 5.75 Å². The fourth-order valence-corrected chi connectivity index (χ4v) is 1.23. The van der Waals surface area contributed by atoms with Gasteiger partial charge in [-0.1, -0.05) is 25.1 Å². The van der Waals surface area contributed by atoms with Gasteiger partial charge >= 0.3 is 6.18 Å². The summed E-state index contributed by atoms with van der Waals surface area (Å²) in [4.78, 5) is 0. The van der Waals surface area contributed by atoms with Gasteiger partial charge in [0.2, 0.25) is 0 Å². The summed E-state index contributed by atoms with van der Waals surface area (Å²) in [5, 5.41) is 9.13. The molecule has 0 aliphatic carbocycles. The van der Waals surface area contributed by atoms with Crippen LogP contribution in [0.1, 0.15) is 25.0 Å². The number of para-hydroxylation sites is 1. The molecule has 0 radical (unpaired) electrons. The Balaban J connectivity index is 2.94. The Kier molecular flexibility index (Phi) is 4.18. The maximum atomic E-state index is 12.3. The second-order valence-corrected chi connectivity index (χ2v) is 3.33. The molecule has 0 amide bonds. The number of aliphatic hydroxyl groups excluding tert-OH is 1. The van der Waals surface area contributed by atoms with Crippen molar-refractivity contribution in [2.24, 2.45) is 0 Å². The first kappa shape index (κ1) is 12.8. The molecule has 1 aromatic carbocycles. The van der Waals surface area contributed by atoms with Gasteiger partial charge in [0.25, 0.3) is 0 Å². The zero-order valence-electron chi connectivity index (χ0n) is 8.79. The quantitative estimate of drug-likeness (QED) is 0.867. The summed E-state index contributed by atoms with van der Waals surface area (Å²) < 4.78 is 42.1. The molecule has 5 heteroatoms. The van der Waals surface area contributed by atoms with Gasteiger partial charge in [-0.15, -0.1) is 0 Å². The highest BCUT2D eigenvalue weighted by Crippen LogP contribution is 2.36. The van der Waals surface area contributed by atoms with Crippen molar-refractivity contribution in [1.82, 2.24) is 0 Å². The first-order valence-electron chi connectivity index (χ1n) is 4.93.